The van der Waals surface area contributed by atoms with Crippen molar-refractivity contribution in [2.45, 2.75) is 19.9 Å². The largest absolute Gasteiger partial charge is 0.362 e. The molecule has 1 aromatic heterocycles. The second kappa shape index (κ2) is 8.04. The van der Waals surface area contributed by atoms with E-state index in [-0.39, 0.29) is 0 Å². The average molecular weight is 393 g/mol. The number of rotatable bonds is 5. The predicted octanol–water partition coefficient (Wildman–Crippen LogP) is 5.03. The van der Waals surface area contributed by atoms with Crippen molar-refractivity contribution < 1.29 is 0 Å². The first kappa shape index (κ1) is 18.0. The topological polar surface area (TPSA) is 41.9 Å². The molecule has 4 nitrogen and oxygen atoms in total. The quantitative estimate of drug-likeness (QED) is 0.471. The summed E-state index contributed by atoms with van der Waals surface area (Å²) in [5, 5.41) is 14.7. The van der Waals surface area contributed by atoms with Crippen LogP contribution in [0.3, 0.4) is 0 Å². The zero-order valence-electron chi connectivity index (χ0n) is 13.7. The number of hydrogen-bond donors (Lipinski definition) is 2. The van der Waals surface area contributed by atoms with Gasteiger partial charge < -0.3 is 10.6 Å². The van der Waals surface area contributed by atoms with E-state index in [1.54, 1.807) is 4.68 Å². The van der Waals surface area contributed by atoms with Gasteiger partial charge in [0.2, 0.25) is 0 Å². The molecule has 0 amide bonds. The van der Waals surface area contributed by atoms with Gasteiger partial charge in [0.05, 0.1) is 5.69 Å². The molecule has 130 valence electrons. The molecule has 0 atom stereocenters. The van der Waals surface area contributed by atoms with Crippen molar-refractivity contribution in [3.8, 4) is 0 Å². The van der Waals surface area contributed by atoms with Crippen molar-refractivity contribution >= 4 is 57.0 Å². The Morgan fingerprint density at radius 1 is 1.16 bits per heavy atom. The van der Waals surface area contributed by atoms with E-state index in [9.17, 15) is 0 Å². The maximum atomic E-state index is 6.13. The number of aromatic nitrogens is 2. The molecule has 25 heavy (non-hydrogen) atoms. The van der Waals surface area contributed by atoms with E-state index in [2.05, 4.69) is 33.9 Å². The molecule has 0 aliphatic rings. The maximum absolute atomic E-state index is 6.13. The van der Waals surface area contributed by atoms with Gasteiger partial charge >= 0.3 is 0 Å². The summed E-state index contributed by atoms with van der Waals surface area (Å²) in [6, 6.07) is 14.3. The third-order valence-electron chi connectivity index (χ3n) is 3.87. The Bertz CT molecular complexity index is 902. The molecule has 0 radical (unpaired) electrons. The van der Waals surface area contributed by atoms with E-state index < -0.39 is 0 Å². The van der Waals surface area contributed by atoms with Crippen LogP contribution in [0, 0.1) is 6.92 Å². The Morgan fingerprint density at radius 3 is 2.68 bits per heavy atom. The summed E-state index contributed by atoms with van der Waals surface area (Å²) in [7, 11) is 0. The third kappa shape index (κ3) is 4.24. The highest BCUT2D eigenvalue weighted by atomic mass is 35.5. The number of nitrogens with one attached hydrogen (secondary N) is 2. The molecule has 0 aliphatic carbocycles. The predicted molar refractivity (Wildman–Crippen MR) is 110 cm³/mol. The smallest absolute Gasteiger partial charge is 0.170 e. The van der Waals surface area contributed by atoms with Crippen molar-refractivity contribution in [3.63, 3.8) is 0 Å². The summed E-state index contributed by atoms with van der Waals surface area (Å²) in [4.78, 5) is 0. The minimum Gasteiger partial charge on any atom is -0.362 e. The van der Waals surface area contributed by atoms with Crippen LogP contribution < -0.4 is 10.6 Å². The van der Waals surface area contributed by atoms with Crippen LogP contribution in [0.5, 0.6) is 0 Å². The van der Waals surface area contributed by atoms with Crippen molar-refractivity contribution in [2.24, 2.45) is 0 Å². The molecule has 0 saturated carbocycles. The summed E-state index contributed by atoms with van der Waals surface area (Å²) in [6.45, 7) is 3.23. The van der Waals surface area contributed by atoms with Gasteiger partial charge in [-0.05, 0) is 37.0 Å². The van der Waals surface area contributed by atoms with E-state index in [0.717, 1.165) is 23.2 Å². The number of aryl methyl sites for hydroxylation is 2. The van der Waals surface area contributed by atoms with Crippen molar-refractivity contribution in [3.05, 3.63) is 58.3 Å². The van der Waals surface area contributed by atoms with Gasteiger partial charge in [-0.3, -0.25) is 4.68 Å². The van der Waals surface area contributed by atoms with Gasteiger partial charge in [-0.2, -0.15) is 5.10 Å². The lowest BCUT2D eigenvalue weighted by Gasteiger charge is -2.12. The lowest BCUT2D eigenvalue weighted by molar-refractivity contribution is 0.571. The van der Waals surface area contributed by atoms with Crippen LogP contribution in [-0.2, 0) is 6.54 Å². The Morgan fingerprint density at radius 2 is 1.92 bits per heavy atom. The molecule has 1 heterocycles. The number of anilines is 1. The summed E-state index contributed by atoms with van der Waals surface area (Å²) < 4.78 is 1.71. The number of hydrogen-bond acceptors (Lipinski definition) is 2. The molecule has 0 spiro atoms. The zero-order valence-corrected chi connectivity index (χ0v) is 16.0. The van der Waals surface area contributed by atoms with E-state index in [4.69, 9.17) is 35.4 Å². The van der Waals surface area contributed by atoms with Crippen molar-refractivity contribution in [1.82, 2.24) is 15.1 Å². The van der Waals surface area contributed by atoms with Crippen LogP contribution >= 0.6 is 35.4 Å². The molecule has 0 aliphatic heterocycles. The normalized spacial score (nSPS) is 10.8. The van der Waals surface area contributed by atoms with Gasteiger partial charge in [0, 0.05) is 24.2 Å². The minimum absolute atomic E-state index is 0.482. The molecule has 7 heteroatoms. The second-order valence-corrected chi connectivity index (χ2v) is 6.82. The van der Waals surface area contributed by atoms with Crippen molar-refractivity contribution in [1.29, 1.82) is 0 Å². The monoisotopic (exact) mass is 392 g/mol. The fourth-order valence-corrected chi connectivity index (χ4v) is 3.22. The first-order chi connectivity index (χ1) is 12.1. The number of halogens is 2. The van der Waals surface area contributed by atoms with Gasteiger partial charge in [-0.15, -0.1) is 0 Å². The summed E-state index contributed by atoms with van der Waals surface area (Å²) >= 11 is 17.6. The number of thiocarbonyl (C=S) groups is 1. The SMILES string of the molecule is Cc1nn(CCCNC(=S)Nc2cccc3ccccc23)c(Cl)c1Cl. The molecule has 0 unspecified atom stereocenters. The molecule has 0 bridgehead atoms. The number of nitrogens with zero attached hydrogens (tertiary/aromatic N) is 2. The standard InChI is InChI=1S/C18H18Cl2N4S/c1-12-16(19)17(20)24(23-12)11-5-10-21-18(25)22-15-9-4-7-13-6-2-3-8-14(13)15/h2-4,6-9H,5,10-11H2,1H3,(H2,21,22,25). The van der Waals surface area contributed by atoms with Crippen LogP contribution in [0.1, 0.15) is 12.1 Å². The summed E-state index contributed by atoms with van der Waals surface area (Å²) in [5.41, 5.74) is 1.74. The zero-order chi connectivity index (χ0) is 17.8. The highest BCUT2D eigenvalue weighted by Crippen LogP contribution is 2.25. The van der Waals surface area contributed by atoms with E-state index >= 15 is 0 Å². The Balaban J connectivity index is 1.52. The van der Waals surface area contributed by atoms with Crippen LogP contribution in [0.25, 0.3) is 10.8 Å². The highest BCUT2D eigenvalue weighted by molar-refractivity contribution is 7.80. The lowest BCUT2D eigenvalue weighted by Crippen LogP contribution is -2.29. The van der Waals surface area contributed by atoms with Crippen LogP contribution in [0.15, 0.2) is 42.5 Å². The first-order valence-corrected chi connectivity index (χ1v) is 9.13. The van der Waals surface area contributed by atoms with Gasteiger partial charge in [0.15, 0.2) is 5.11 Å². The molecule has 0 saturated heterocycles. The van der Waals surface area contributed by atoms with Crippen LogP contribution in [0.2, 0.25) is 10.2 Å². The van der Waals surface area contributed by atoms with Crippen molar-refractivity contribution in [2.75, 3.05) is 11.9 Å². The van der Waals surface area contributed by atoms with Gasteiger partial charge in [0.25, 0.3) is 0 Å². The Labute approximate surface area is 162 Å². The molecule has 2 aromatic carbocycles. The molecule has 0 fully saturated rings. The van der Waals surface area contributed by atoms with Crippen LogP contribution in [-0.4, -0.2) is 21.4 Å². The third-order valence-corrected chi connectivity index (χ3v) is 5.05. The van der Waals surface area contributed by atoms with Gasteiger partial charge in [-0.1, -0.05) is 59.6 Å². The molecule has 3 rings (SSSR count). The fraction of sp³-hybridized carbons (Fsp3) is 0.222. The first-order valence-electron chi connectivity index (χ1n) is 7.97. The summed E-state index contributed by atoms with van der Waals surface area (Å²) in [6.07, 6.45) is 0.828. The average Bonchev–Trinajstić information content (AvgIpc) is 2.86. The Kier molecular flexibility index (Phi) is 5.78. The van der Waals surface area contributed by atoms with Crippen LogP contribution in [0.4, 0.5) is 5.69 Å². The van der Waals surface area contributed by atoms with Gasteiger partial charge in [-0.25, -0.2) is 0 Å². The molecule has 3 aromatic rings. The number of benzene rings is 2. The summed E-state index contributed by atoms with van der Waals surface area (Å²) in [5.74, 6) is 0. The van der Waals surface area contributed by atoms with E-state index in [1.165, 1.54) is 5.39 Å². The fourth-order valence-electron chi connectivity index (χ4n) is 2.61. The molecule has 2 N–H and O–H groups in total. The number of fused-ring (bicyclic) bond motifs is 1. The molecular formula is C18H18Cl2N4S. The minimum atomic E-state index is 0.482. The van der Waals surface area contributed by atoms with E-state index in [1.807, 2.05) is 31.2 Å². The molecular weight excluding hydrogens is 375 g/mol. The maximum Gasteiger partial charge on any atom is 0.170 e. The Hall–Kier alpha value is -1.82. The second-order valence-electron chi connectivity index (χ2n) is 5.67. The highest BCUT2D eigenvalue weighted by Gasteiger charge is 2.10. The van der Waals surface area contributed by atoms with E-state index in [0.29, 0.717) is 28.4 Å². The van der Waals surface area contributed by atoms with Gasteiger partial charge in [0.1, 0.15) is 10.2 Å². The lowest BCUT2D eigenvalue weighted by atomic mass is 10.1.